The first kappa shape index (κ1) is 7.22. The summed E-state index contributed by atoms with van der Waals surface area (Å²) in [5, 5.41) is 8.64. The van der Waals surface area contributed by atoms with Gasteiger partial charge in [-0.1, -0.05) is 24.3 Å². The van der Waals surface area contributed by atoms with Gasteiger partial charge in [-0.15, -0.1) is 0 Å². The predicted octanol–water partition coefficient (Wildman–Crippen LogP) is 1.65. The topological polar surface area (TPSA) is 20.2 Å². The zero-order valence-corrected chi connectivity index (χ0v) is 5.55. The van der Waals surface area contributed by atoms with Gasteiger partial charge in [0.05, 0.1) is 6.61 Å². The molecule has 0 aliphatic carbocycles. The Labute approximate surface area is 59.1 Å². The molecule has 0 radical (unpaired) electrons. The van der Waals surface area contributed by atoms with E-state index in [1.54, 1.807) is 24.3 Å². The van der Waals surface area contributed by atoms with Crippen molar-refractivity contribution in [1.82, 2.24) is 0 Å². The highest BCUT2D eigenvalue weighted by Crippen LogP contribution is 2.05. The molecule has 1 nitrogen and oxygen atoms in total. The van der Waals surface area contributed by atoms with Crippen LogP contribution in [-0.4, -0.2) is 5.11 Å². The summed E-state index contributed by atoms with van der Waals surface area (Å²) < 4.78 is 12.0. The molecular formula is C8H9FO. The molecule has 1 rings (SSSR count). The van der Waals surface area contributed by atoms with Crippen molar-refractivity contribution >= 4 is 0 Å². The normalized spacial score (nSPS) is 9.80. The summed E-state index contributed by atoms with van der Waals surface area (Å²) in [7, 11) is 0. The Morgan fingerprint density at radius 3 is 2.60 bits per heavy atom. The summed E-state index contributed by atoms with van der Waals surface area (Å²) >= 11 is 0. The molecule has 0 saturated heterocycles. The number of aliphatic hydroxyl groups is 1. The molecule has 0 amide bonds. The molecule has 1 N–H and O–H groups in total. The Bertz CT molecular complexity index is 191. The predicted molar refractivity (Wildman–Crippen MR) is 37.2 cm³/mol. The van der Waals surface area contributed by atoms with Crippen molar-refractivity contribution in [3.63, 3.8) is 0 Å². The zero-order valence-electron chi connectivity index (χ0n) is 5.55. The van der Waals surface area contributed by atoms with E-state index in [9.17, 15) is 4.39 Å². The number of halogens is 1. The quantitative estimate of drug-likeness (QED) is 0.662. The smallest absolute Gasteiger partial charge is 0.115 e. The molecule has 0 saturated carbocycles. The number of rotatable bonds is 2. The van der Waals surface area contributed by atoms with Crippen molar-refractivity contribution in [3.8, 4) is 0 Å². The second kappa shape index (κ2) is 3.32. The summed E-state index contributed by atoms with van der Waals surface area (Å²) in [6.07, 6.45) is 0. The maximum atomic E-state index is 12.0. The molecule has 0 aliphatic heterocycles. The van der Waals surface area contributed by atoms with Crippen molar-refractivity contribution in [1.29, 1.82) is 0 Å². The molecule has 54 valence electrons. The average Bonchev–Trinajstić information content (AvgIpc) is 2.05. The molecule has 0 fully saturated rings. The van der Waals surface area contributed by atoms with Crippen molar-refractivity contribution in [2.45, 2.75) is 13.3 Å². The monoisotopic (exact) mass is 140 g/mol. The molecular weight excluding hydrogens is 131 g/mol. The fourth-order valence-corrected chi connectivity index (χ4v) is 0.811. The minimum absolute atomic E-state index is 0.0200. The van der Waals surface area contributed by atoms with E-state index in [1.807, 2.05) is 0 Å². The highest BCUT2D eigenvalue weighted by Gasteiger charge is 1.92. The van der Waals surface area contributed by atoms with Crippen LogP contribution in [0.2, 0.25) is 0 Å². The molecule has 0 spiro atoms. The highest BCUT2D eigenvalue weighted by molar-refractivity contribution is 5.22. The first-order valence-corrected chi connectivity index (χ1v) is 3.11. The van der Waals surface area contributed by atoms with Gasteiger partial charge in [0, 0.05) is 0 Å². The van der Waals surface area contributed by atoms with Gasteiger partial charge in [0.15, 0.2) is 0 Å². The Balaban J connectivity index is 2.87. The van der Waals surface area contributed by atoms with Gasteiger partial charge < -0.3 is 5.11 Å². The van der Waals surface area contributed by atoms with Gasteiger partial charge in [-0.25, -0.2) is 4.39 Å². The molecule has 0 atom stereocenters. The Morgan fingerprint density at radius 2 is 2.00 bits per heavy atom. The lowest BCUT2D eigenvalue weighted by Crippen LogP contribution is -1.84. The van der Waals surface area contributed by atoms with E-state index < -0.39 is 6.67 Å². The van der Waals surface area contributed by atoms with Gasteiger partial charge in [-0.3, -0.25) is 0 Å². The van der Waals surface area contributed by atoms with Crippen molar-refractivity contribution in [2.24, 2.45) is 0 Å². The second-order valence-corrected chi connectivity index (χ2v) is 2.11. The van der Waals surface area contributed by atoms with E-state index >= 15 is 0 Å². The van der Waals surface area contributed by atoms with Crippen LogP contribution in [0, 0.1) is 0 Å². The number of aliphatic hydroxyl groups excluding tert-OH is 1. The average molecular weight is 140 g/mol. The second-order valence-electron chi connectivity index (χ2n) is 2.11. The van der Waals surface area contributed by atoms with E-state index in [2.05, 4.69) is 0 Å². The lowest BCUT2D eigenvalue weighted by molar-refractivity contribution is 0.281. The number of hydrogen-bond donors (Lipinski definition) is 1. The summed E-state index contributed by atoms with van der Waals surface area (Å²) in [6, 6.07) is 6.85. The zero-order chi connectivity index (χ0) is 7.40. The number of hydrogen-bond acceptors (Lipinski definition) is 1. The van der Waals surface area contributed by atoms with Crippen molar-refractivity contribution in [3.05, 3.63) is 35.4 Å². The lowest BCUT2D eigenvalue weighted by atomic mass is 10.1. The maximum Gasteiger partial charge on any atom is 0.115 e. The molecule has 0 unspecified atom stereocenters. The number of benzene rings is 1. The molecule has 1 aromatic carbocycles. The minimum Gasteiger partial charge on any atom is -0.392 e. The van der Waals surface area contributed by atoms with Crippen molar-refractivity contribution < 1.29 is 9.50 Å². The molecule has 0 bridgehead atoms. The summed E-state index contributed by atoms with van der Waals surface area (Å²) in [5.41, 5.74) is 1.38. The van der Waals surface area contributed by atoms with Crippen LogP contribution >= 0.6 is 0 Å². The molecule has 1 aromatic rings. The van der Waals surface area contributed by atoms with Crippen LogP contribution in [-0.2, 0) is 13.3 Å². The van der Waals surface area contributed by atoms with Gasteiger partial charge in [0.1, 0.15) is 6.67 Å². The lowest BCUT2D eigenvalue weighted by Gasteiger charge is -1.96. The molecule has 0 aliphatic rings. The minimum atomic E-state index is -0.464. The SMILES string of the molecule is OCc1cccc(CF)c1. The molecule has 2 heteroatoms. The standard InChI is InChI=1S/C8H9FO/c9-5-7-2-1-3-8(4-7)6-10/h1-4,10H,5-6H2. The van der Waals surface area contributed by atoms with E-state index in [4.69, 9.17) is 5.11 Å². The van der Waals surface area contributed by atoms with E-state index in [-0.39, 0.29) is 6.61 Å². The van der Waals surface area contributed by atoms with Gasteiger partial charge in [-0.2, -0.15) is 0 Å². The third kappa shape index (κ3) is 1.54. The first-order chi connectivity index (χ1) is 4.86. The summed E-state index contributed by atoms with van der Waals surface area (Å²) in [5.74, 6) is 0. The third-order valence-electron chi connectivity index (χ3n) is 1.33. The van der Waals surface area contributed by atoms with Crippen LogP contribution in [0.15, 0.2) is 24.3 Å². The number of alkyl halides is 1. The van der Waals surface area contributed by atoms with Gasteiger partial charge in [-0.05, 0) is 11.1 Å². The van der Waals surface area contributed by atoms with Gasteiger partial charge in [0.2, 0.25) is 0 Å². The van der Waals surface area contributed by atoms with E-state index in [0.29, 0.717) is 5.56 Å². The van der Waals surface area contributed by atoms with Crippen LogP contribution < -0.4 is 0 Å². The van der Waals surface area contributed by atoms with Crippen LogP contribution in [0.25, 0.3) is 0 Å². The third-order valence-corrected chi connectivity index (χ3v) is 1.33. The first-order valence-electron chi connectivity index (χ1n) is 3.11. The Kier molecular flexibility index (Phi) is 2.40. The van der Waals surface area contributed by atoms with Crippen LogP contribution in [0.4, 0.5) is 4.39 Å². The van der Waals surface area contributed by atoms with Gasteiger partial charge in [0.25, 0.3) is 0 Å². The van der Waals surface area contributed by atoms with Crippen LogP contribution in [0.1, 0.15) is 11.1 Å². The van der Waals surface area contributed by atoms with Crippen LogP contribution in [0.3, 0.4) is 0 Å². The fraction of sp³-hybridized carbons (Fsp3) is 0.250. The van der Waals surface area contributed by atoms with E-state index in [0.717, 1.165) is 5.56 Å². The summed E-state index contributed by atoms with van der Waals surface area (Å²) in [4.78, 5) is 0. The fourth-order valence-electron chi connectivity index (χ4n) is 0.811. The Morgan fingerprint density at radius 1 is 1.30 bits per heavy atom. The van der Waals surface area contributed by atoms with E-state index in [1.165, 1.54) is 0 Å². The highest BCUT2D eigenvalue weighted by atomic mass is 19.1. The molecule has 10 heavy (non-hydrogen) atoms. The molecule has 0 heterocycles. The van der Waals surface area contributed by atoms with Crippen LogP contribution in [0.5, 0.6) is 0 Å². The summed E-state index contributed by atoms with van der Waals surface area (Å²) in [6.45, 7) is -0.484. The Hall–Kier alpha value is -0.890. The van der Waals surface area contributed by atoms with Gasteiger partial charge >= 0.3 is 0 Å². The molecule has 0 aromatic heterocycles. The largest absolute Gasteiger partial charge is 0.392 e. The maximum absolute atomic E-state index is 12.0. The van der Waals surface area contributed by atoms with Crippen molar-refractivity contribution in [2.75, 3.05) is 0 Å².